The van der Waals surface area contributed by atoms with E-state index in [0.717, 1.165) is 25.7 Å². The summed E-state index contributed by atoms with van der Waals surface area (Å²) in [6.45, 7) is 0. The molecule has 2 fully saturated rings. The third-order valence-corrected chi connectivity index (χ3v) is 5.51. The van der Waals surface area contributed by atoms with Gasteiger partial charge >= 0.3 is 5.97 Å². The quantitative estimate of drug-likeness (QED) is 0.866. The minimum atomic E-state index is -0.975. The Hall–Kier alpha value is -2.70. The number of nitrogens with one attached hydrogen (secondary N) is 1. The summed E-state index contributed by atoms with van der Waals surface area (Å²) < 4.78 is 0. The SMILES string of the molecule is O=C(O)C1CC2CCCCC2N1C(=O)c1n[nH]c(=O)c2ccccc12. The molecule has 0 spiro atoms. The number of aromatic nitrogens is 2. The number of nitrogens with zero attached hydrogens (tertiary/aromatic N) is 2. The Morgan fingerprint density at radius 2 is 1.88 bits per heavy atom. The van der Waals surface area contributed by atoms with Gasteiger partial charge in [0, 0.05) is 11.4 Å². The van der Waals surface area contributed by atoms with Gasteiger partial charge in [0.25, 0.3) is 11.5 Å². The van der Waals surface area contributed by atoms with Gasteiger partial charge in [-0.1, -0.05) is 31.0 Å². The van der Waals surface area contributed by atoms with Crippen molar-refractivity contribution < 1.29 is 14.7 Å². The van der Waals surface area contributed by atoms with Gasteiger partial charge < -0.3 is 10.0 Å². The minimum Gasteiger partial charge on any atom is -0.480 e. The normalized spacial score (nSPS) is 25.8. The number of carboxylic acids is 1. The average molecular weight is 341 g/mol. The number of carbonyl (C=O) groups is 2. The van der Waals surface area contributed by atoms with Crippen LogP contribution in [0.1, 0.15) is 42.6 Å². The van der Waals surface area contributed by atoms with Crippen LogP contribution in [0, 0.1) is 5.92 Å². The predicted molar refractivity (Wildman–Crippen MR) is 90.3 cm³/mol. The van der Waals surface area contributed by atoms with Crippen LogP contribution in [-0.2, 0) is 4.79 Å². The van der Waals surface area contributed by atoms with E-state index < -0.39 is 17.9 Å². The summed E-state index contributed by atoms with van der Waals surface area (Å²) in [4.78, 5) is 38.4. The highest BCUT2D eigenvalue weighted by atomic mass is 16.4. The van der Waals surface area contributed by atoms with E-state index in [-0.39, 0.29) is 23.2 Å². The largest absolute Gasteiger partial charge is 0.480 e. The summed E-state index contributed by atoms with van der Waals surface area (Å²) in [6, 6.07) is 5.88. The van der Waals surface area contributed by atoms with Crippen molar-refractivity contribution in [2.24, 2.45) is 5.92 Å². The summed E-state index contributed by atoms with van der Waals surface area (Å²) >= 11 is 0. The molecular formula is C18H19N3O4. The second-order valence-electron chi connectivity index (χ2n) is 6.86. The van der Waals surface area contributed by atoms with E-state index in [1.165, 1.54) is 4.90 Å². The van der Waals surface area contributed by atoms with Crippen LogP contribution in [-0.4, -0.2) is 44.2 Å². The first-order chi connectivity index (χ1) is 12.1. The van der Waals surface area contributed by atoms with E-state index in [1.807, 2.05) is 0 Å². The minimum absolute atomic E-state index is 0.0603. The number of carbonyl (C=O) groups excluding carboxylic acids is 1. The topological polar surface area (TPSA) is 103 Å². The summed E-state index contributed by atoms with van der Waals surface area (Å²) in [5.41, 5.74) is -0.244. The van der Waals surface area contributed by atoms with Crippen molar-refractivity contribution in [3.63, 3.8) is 0 Å². The molecule has 2 aromatic rings. The third-order valence-electron chi connectivity index (χ3n) is 5.51. The van der Waals surface area contributed by atoms with Gasteiger partial charge in [-0.3, -0.25) is 9.59 Å². The lowest BCUT2D eigenvalue weighted by atomic mass is 9.84. The Balaban J connectivity index is 1.80. The number of likely N-dealkylation sites (tertiary alicyclic amines) is 1. The molecule has 25 heavy (non-hydrogen) atoms. The number of rotatable bonds is 2. The van der Waals surface area contributed by atoms with E-state index in [9.17, 15) is 19.5 Å². The molecule has 1 aromatic carbocycles. The van der Waals surface area contributed by atoms with Gasteiger partial charge in [0.2, 0.25) is 0 Å². The fourth-order valence-corrected chi connectivity index (χ4v) is 4.37. The molecular weight excluding hydrogens is 322 g/mol. The Labute approximate surface area is 143 Å². The number of carboxylic acid groups (broad SMARTS) is 1. The van der Waals surface area contributed by atoms with Crippen molar-refractivity contribution in [1.29, 1.82) is 0 Å². The Kier molecular flexibility index (Phi) is 3.78. The highest BCUT2D eigenvalue weighted by Gasteiger charge is 2.48. The van der Waals surface area contributed by atoms with Crippen molar-refractivity contribution in [3.05, 3.63) is 40.3 Å². The maximum absolute atomic E-state index is 13.2. The van der Waals surface area contributed by atoms with Crippen LogP contribution in [0.25, 0.3) is 10.8 Å². The molecule has 1 amide bonds. The van der Waals surface area contributed by atoms with Crippen LogP contribution in [0.2, 0.25) is 0 Å². The van der Waals surface area contributed by atoms with Gasteiger partial charge in [-0.15, -0.1) is 0 Å². The van der Waals surface area contributed by atoms with Crippen LogP contribution in [0.5, 0.6) is 0 Å². The highest BCUT2D eigenvalue weighted by Crippen LogP contribution is 2.40. The molecule has 3 unspecified atom stereocenters. The van der Waals surface area contributed by atoms with Crippen molar-refractivity contribution in [3.8, 4) is 0 Å². The molecule has 2 aliphatic rings. The number of fused-ring (bicyclic) bond motifs is 2. The molecule has 1 aliphatic carbocycles. The van der Waals surface area contributed by atoms with Crippen molar-refractivity contribution in [2.45, 2.75) is 44.2 Å². The number of hydrogen-bond acceptors (Lipinski definition) is 4. The molecule has 1 saturated heterocycles. The second-order valence-corrected chi connectivity index (χ2v) is 6.86. The van der Waals surface area contributed by atoms with Gasteiger partial charge in [0.15, 0.2) is 5.69 Å². The number of amides is 1. The standard InChI is InChI=1S/C18H19N3O4/c22-16-12-7-3-2-6-11(12)15(19-20-16)17(23)21-13-8-4-1-5-10(13)9-14(21)18(24)25/h2-3,6-7,10,13-14H,1,4-5,8-9H2,(H,20,22)(H,24,25). The maximum atomic E-state index is 13.2. The molecule has 0 bridgehead atoms. The summed E-state index contributed by atoms with van der Waals surface area (Å²) in [6.07, 6.45) is 4.35. The molecule has 3 atom stereocenters. The Morgan fingerprint density at radius 3 is 2.64 bits per heavy atom. The summed E-state index contributed by atoms with van der Waals surface area (Å²) in [5, 5.41) is 16.8. The van der Waals surface area contributed by atoms with Crippen molar-refractivity contribution >= 4 is 22.6 Å². The average Bonchev–Trinajstić information content (AvgIpc) is 3.02. The van der Waals surface area contributed by atoms with Gasteiger partial charge in [-0.05, 0) is 31.2 Å². The lowest BCUT2D eigenvalue weighted by Crippen LogP contribution is -2.46. The van der Waals surface area contributed by atoms with E-state index in [4.69, 9.17) is 0 Å². The van der Waals surface area contributed by atoms with Crippen molar-refractivity contribution in [2.75, 3.05) is 0 Å². The lowest BCUT2D eigenvalue weighted by molar-refractivity contribution is -0.141. The molecule has 2 heterocycles. The smallest absolute Gasteiger partial charge is 0.326 e. The molecule has 4 rings (SSSR count). The van der Waals surface area contributed by atoms with Crippen LogP contribution < -0.4 is 5.56 Å². The number of aliphatic carboxylic acids is 1. The number of benzene rings is 1. The van der Waals surface area contributed by atoms with E-state index in [0.29, 0.717) is 17.2 Å². The van der Waals surface area contributed by atoms with E-state index in [1.54, 1.807) is 24.3 Å². The van der Waals surface area contributed by atoms with Gasteiger partial charge in [0.05, 0.1) is 5.39 Å². The molecule has 2 N–H and O–H groups in total. The number of H-pyrrole nitrogens is 1. The Morgan fingerprint density at radius 1 is 1.16 bits per heavy atom. The molecule has 130 valence electrons. The monoisotopic (exact) mass is 341 g/mol. The van der Waals surface area contributed by atoms with Gasteiger partial charge in [0.1, 0.15) is 6.04 Å². The fourth-order valence-electron chi connectivity index (χ4n) is 4.37. The van der Waals surface area contributed by atoms with Gasteiger partial charge in [-0.25, -0.2) is 9.89 Å². The van der Waals surface area contributed by atoms with Crippen LogP contribution >= 0.6 is 0 Å². The lowest BCUT2D eigenvalue weighted by Gasteiger charge is -2.32. The van der Waals surface area contributed by atoms with Crippen molar-refractivity contribution in [1.82, 2.24) is 15.1 Å². The molecule has 7 nitrogen and oxygen atoms in total. The van der Waals surface area contributed by atoms with Crippen LogP contribution in [0.3, 0.4) is 0 Å². The highest BCUT2D eigenvalue weighted by molar-refractivity contribution is 6.06. The summed E-state index contributed by atoms with van der Waals surface area (Å²) in [5.74, 6) is -1.15. The van der Waals surface area contributed by atoms with E-state index >= 15 is 0 Å². The first-order valence-electron chi connectivity index (χ1n) is 8.61. The predicted octanol–water partition coefficient (Wildman–Crippen LogP) is 1.78. The van der Waals surface area contributed by atoms with E-state index in [2.05, 4.69) is 10.2 Å². The fraction of sp³-hybridized carbons (Fsp3) is 0.444. The summed E-state index contributed by atoms with van der Waals surface area (Å²) in [7, 11) is 0. The first-order valence-corrected chi connectivity index (χ1v) is 8.61. The third kappa shape index (κ3) is 2.50. The molecule has 7 heteroatoms. The maximum Gasteiger partial charge on any atom is 0.326 e. The number of aromatic amines is 1. The van der Waals surface area contributed by atoms with Gasteiger partial charge in [-0.2, -0.15) is 5.10 Å². The second kappa shape index (κ2) is 5.98. The zero-order chi connectivity index (χ0) is 17.6. The molecule has 1 aliphatic heterocycles. The molecule has 0 radical (unpaired) electrons. The van der Waals surface area contributed by atoms with Crippen LogP contribution in [0.15, 0.2) is 29.1 Å². The number of hydrogen-bond donors (Lipinski definition) is 2. The molecule has 1 saturated carbocycles. The zero-order valence-corrected chi connectivity index (χ0v) is 13.6. The first kappa shape index (κ1) is 15.8. The van der Waals surface area contributed by atoms with Crippen LogP contribution in [0.4, 0.5) is 0 Å². The zero-order valence-electron chi connectivity index (χ0n) is 13.6. The molecule has 1 aromatic heterocycles. The Bertz CT molecular complexity index is 907.